The van der Waals surface area contributed by atoms with Gasteiger partial charge in [-0.25, -0.2) is 5.10 Å². The summed E-state index contributed by atoms with van der Waals surface area (Å²) in [6.45, 7) is 3.73. The summed E-state index contributed by atoms with van der Waals surface area (Å²) >= 11 is 0. The van der Waals surface area contributed by atoms with Crippen LogP contribution in [0.4, 0.5) is 0 Å². The van der Waals surface area contributed by atoms with E-state index in [0.717, 1.165) is 35.4 Å². The fourth-order valence-electron chi connectivity index (χ4n) is 1.97. The number of nitrogens with zero attached hydrogens (tertiary/aromatic N) is 1. The number of hydrogen-bond donors (Lipinski definition) is 1. The molecule has 0 atom stereocenters. The Morgan fingerprint density at radius 3 is 2.47 bits per heavy atom. The van der Waals surface area contributed by atoms with Gasteiger partial charge in [0.05, 0.1) is 11.8 Å². The molecule has 1 N–H and O–H groups in total. The molecule has 19 heavy (non-hydrogen) atoms. The van der Waals surface area contributed by atoms with Crippen LogP contribution < -0.4 is 10.3 Å². The van der Waals surface area contributed by atoms with Crippen molar-refractivity contribution in [1.82, 2.24) is 10.2 Å². The number of ether oxygens (including phenoxy) is 1. The Balaban J connectivity index is 1.93. The molecule has 0 spiro atoms. The molecular formula is C15H16N2O2. The highest BCUT2D eigenvalue weighted by Gasteiger charge is 2.23. The lowest BCUT2D eigenvalue weighted by molar-refractivity contribution is 0.303. The smallest absolute Gasteiger partial charge is 0.267 e. The summed E-state index contributed by atoms with van der Waals surface area (Å²) in [6, 6.07) is 7.86. The molecule has 4 heteroatoms. The van der Waals surface area contributed by atoms with Crippen LogP contribution in [-0.2, 0) is 0 Å². The Labute approximate surface area is 111 Å². The highest BCUT2D eigenvalue weighted by atomic mass is 16.5. The molecule has 0 unspecified atom stereocenters. The van der Waals surface area contributed by atoms with Crippen molar-refractivity contribution in [2.75, 3.05) is 0 Å². The highest BCUT2D eigenvalue weighted by molar-refractivity contribution is 5.64. The SMILES string of the molecule is Cc1c(-c2ccc(OC3CC3)cc2)n[nH]c(=O)c1C. The van der Waals surface area contributed by atoms with Gasteiger partial charge in [-0.1, -0.05) is 0 Å². The molecule has 0 aliphatic heterocycles. The van der Waals surface area contributed by atoms with Crippen LogP contribution in [0.25, 0.3) is 11.3 Å². The van der Waals surface area contributed by atoms with E-state index in [2.05, 4.69) is 10.2 Å². The van der Waals surface area contributed by atoms with E-state index in [1.165, 1.54) is 0 Å². The zero-order valence-electron chi connectivity index (χ0n) is 11.1. The van der Waals surface area contributed by atoms with Crippen LogP contribution in [0.3, 0.4) is 0 Å². The number of benzene rings is 1. The molecule has 1 aromatic carbocycles. The summed E-state index contributed by atoms with van der Waals surface area (Å²) in [7, 11) is 0. The fraction of sp³-hybridized carbons (Fsp3) is 0.333. The van der Waals surface area contributed by atoms with Crippen LogP contribution in [-0.4, -0.2) is 16.3 Å². The molecule has 3 rings (SSSR count). The molecule has 1 heterocycles. The summed E-state index contributed by atoms with van der Waals surface area (Å²) in [5.41, 5.74) is 3.30. The van der Waals surface area contributed by atoms with E-state index in [1.54, 1.807) is 0 Å². The van der Waals surface area contributed by atoms with Gasteiger partial charge >= 0.3 is 0 Å². The molecule has 0 bridgehead atoms. The Kier molecular flexibility index (Phi) is 2.85. The Morgan fingerprint density at radius 2 is 1.84 bits per heavy atom. The highest BCUT2D eigenvalue weighted by Crippen LogP contribution is 2.28. The number of hydrogen-bond acceptors (Lipinski definition) is 3. The fourth-order valence-corrected chi connectivity index (χ4v) is 1.97. The van der Waals surface area contributed by atoms with Gasteiger partial charge in [0.1, 0.15) is 5.75 Å². The van der Waals surface area contributed by atoms with Gasteiger partial charge < -0.3 is 4.74 Å². The quantitative estimate of drug-likeness (QED) is 0.918. The molecule has 1 saturated carbocycles. The summed E-state index contributed by atoms with van der Waals surface area (Å²) in [4.78, 5) is 11.5. The van der Waals surface area contributed by atoms with Crippen LogP contribution in [0.5, 0.6) is 5.75 Å². The third-order valence-electron chi connectivity index (χ3n) is 3.48. The van der Waals surface area contributed by atoms with Crippen LogP contribution in [0.2, 0.25) is 0 Å². The van der Waals surface area contributed by atoms with Gasteiger partial charge in [0.2, 0.25) is 0 Å². The van der Waals surface area contributed by atoms with Gasteiger partial charge in [0, 0.05) is 11.1 Å². The molecule has 2 aromatic rings. The second kappa shape index (κ2) is 4.53. The molecule has 1 fully saturated rings. The van der Waals surface area contributed by atoms with E-state index in [4.69, 9.17) is 4.74 Å². The standard InChI is InChI=1S/C15H16N2O2/c1-9-10(2)15(18)17-16-14(9)11-3-5-12(6-4-11)19-13-7-8-13/h3-6,13H,7-8H2,1-2H3,(H,17,18). The molecule has 0 radical (unpaired) electrons. The molecule has 0 saturated heterocycles. The van der Waals surface area contributed by atoms with E-state index in [9.17, 15) is 4.79 Å². The third-order valence-corrected chi connectivity index (χ3v) is 3.48. The molecule has 1 aliphatic rings. The predicted octanol–water partition coefficient (Wildman–Crippen LogP) is 2.59. The lowest BCUT2D eigenvalue weighted by atomic mass is 10.0. The normalized spacial score (nSPS) is 14.4. The Bertz CT molecular complexity index is 655. The lowest BCUT2D eigenvalue weighted by Gasteiger charge is -2.08. The van der Waals surface area contributed by atoms with Crippen LogP contribution >= 0.6 is 0 Å². The summed E-state index contributed by atoms with van der Waals surface area (Å²) in [6.07, 6.45) is 2.71. The minimum Gasteiger partial charge on any atom is -0.490 e. The van der Waals surface area contributed by atoms with Gasteiger partial charge in [-0.2, -0.15) is 5.10 Å². The zero-order chi connectivity index (χ0) is 13.4. The minimum atomic E-state index is -0.130. The molecule has 4 nitrogen and oxygen atoms in total. The van der Waals surface area contributed by atoms with Crippen molar-refractivity contribution in [3.63, 3.8) is 0 Å². The second-order valence-corrected chi connectivity index (χ2v) is 4.99. The van der Waals surface area contributed by atoms with Gasteiger partial charge in [-0.05, 0) is 56.5 Å². The minimum absolute atomic E-state index is 0.130. The van der Waals surface area contributed by atoms with Gasteiger partial charge in [-0.3, -0.25) is 4.79 Å². The number of aromatic nitrogens is 2. The number of aromatic amines is 1. The van der Waals surface area contributed by atoms with E-state index >= 15 is 0 Å². The van der Waals surface area contributed by atoms with Crippen LogP contribution in [0.1, 0.15) is 24.0 Å². The van der Waals surface area contributed by atoms with E-state index in [1.807, 2.05) is 38.1 Å². The number of nitrogens with one attached hydrogen (secondary N) is 1. The first kappa shape index (κ1) is 12.0. The van der Waals surface area contributed by atoms with Crippen LogP contribution in [0, 0.1) is 13.8 Å². The molecule has 0 amide bonds. The first-order chi connectivity index (χ1) is 9.15. The summed E-state index contributed by atoms with van der Waals surface area (Å²) < 4.78 is 5.71. The van der Waals surface area contributed by atoms with E-state index in [-0.39, 0.29) is 5.56 Å². The molecular weight excluding hydrogens is 240 g/mol. The maximum atomic E-state index is 11.5. The van der Waals surface area contributed by atoms with Crippen molar-refractivity contribution >= 4 is 0 Å². The van der Waals surface area contributed by atoms with Crippen molar-refractivity contribution in [2.45, 2.75) is 32.8 Å². The first-order valence-electron chi connectivity index (χ1n) is 6.48. The van der Waals surface area contributed by atoms with Crippen LogP contribution in [0.15, 0.2) is 29.1 Å². The van der Waals surface area contributed by atoms with Crippen molar-refractivity contribution in [2.24, 2.45) is 0 Å². The lowest BCUT2D eigenvalue weighted by Crippen LogP contribution is -2.14. The van der Waals surface area contributed by atoms with Gasteiger partial charge in [-0.15, -0.1) is 0 Å². The van der Waals surface area contributed by atoms with E-state index in [0.29, 0.717) is 11.7 Å². The van der Waals surface area contributed by atoms with E-state index < -0.39 is 0 Å². The number of H-pyrrole nitrogens is 1. The topological polar surface area (TPSA) is 55.0 Å². The maximum absolute atomic E-state index is 11.5. The van der Waals surface area contributed by atoms with Crippen molar-refractivity contribution in [3.8, 4) is 17.0 Å². The maximum Gasteiger partial charge on any atom is 0.267 e. The van der Waals surface area contributed by atoms with Crippen molar-refractivity contribution < 1.29 is 4.74 Å². The molecule has 98 valence electrons. The predicted molar refractivity (Wildman–Crippen MR) is 73.4 cm³/mol. The Morgan fingerprint density at radius 1 is 1.16 bits per heavy atom. The second-order valence-electron chi connectivity index (χ2n) is 4.99. The van der Waals surface area contributed by atoms with Gasteiger partial charge in [0.25, 0.3) is 5.56 Å². The average Bonchev–Trinajstić information content (AvgIpc) is 3.22. The zero-order valence-corrected chi connectivity index (χ0v) is 11.1. The van der Waals surface area contributed by atoms with Crippen molar-refractivity contribution in [3.05, 3.63) is 45.7 Å². The summed E-state index contributed by atoms with van der Waals surface area (Å²) in [5, 5.41) is 6.66. The molecule has 1 aliphatic carbocycles. The Hall–Kier alpha value is -2.10. The molecule has 1 aromatic heterocycles. The average molecular weight is 256 g/mol. The third kappa shape index (κ3) is 2.38. The monoisotopic (exact) mass is 256 g/mol. The first-order valence-corrected chi connectivity index (χ1v) is 6.48. The number of rotatable bonds is 3. The largest absolute Gasteiger partial charge is 0.490 e. The summed E-state index contributed by atoms with van der Waals surface area (Å²) in [5.74, 6) is 0.894. The van der Waals surface area contributed by atoms with Crippen molar-refractivity contribution in [1.29, 1.82) is 0 Å². The van der Waals surface area contributed by atoms with Gasteiger partial charge in [0.15, 0.2) is 0 Å².